The average Bonchev–Trinajstić information content (AvgIpc) is 2.30. The Morgan fingerprint density at radius 3 is 2.75 bits per heavy atom. The highest BCUT2D eigenvalue weighted by Crippen LogP contribution is 2.21. The minimum Gasteiger partial charge on any atom is -0.496 e. The lowest BCUT2D eigenvalue weighted by molar-refractivity contribution is -0.0929. The molecule has 0 spiro atoms. The summed E-state index contributed by atoms with van der Waals surface area (Å²) in [6, 6.07) is 5.72. The van der Waals surface area contributed by atoms with Gasteiger partial charge < -0.3 is 20.3 Å². The van der Waals surface area contributed by atoms with E-state index in [2.05, 4.69) is 0 Å². The Bertz CT molecular complexity index is 328. The number of ether oxygens (including phenoxy) is 2. The third-order valence-electron chi connectivity index (χ3n) is 2.34. The van der Waals surface area contributed by atoms with Gasteiger partial charge in [-0.2, -0.15) is 0 Å². The summed E-state index contributed by atoms with van der Waals surface area (Å²) in [4.78, 5) is 0. The number of aliphatic hydroxyl groups is 1. The monoisotopic (exact) mass is 225 g/mol. The largest absolute Gasteiger partial charge is 0.496 e. The molecule has 0 heterocycles. The van der Waals surface area contributed by atoms with Crippen LogP contribution in [0.15, 0.2) is 18.2 Å². The van der Waals surface area contributed by atoms with E-state index in [4.69, 9.17) is 15.2 Å². The maximum atomic E-state index is 9.55. The van der Waals surface area contributed by atoms with Crippen LogP contribution in [0.2, 0.25) is 0 Å². The third-order valence-corrected chi connectivity index (χ3v) is 2.34. The molecule has 0 aliphatic rings. The molecule has 3 N–H and O–H groups in total. The topological polar surface area (TPSA) is 64.7 Å². The van der Waals surface area contributed by atoms with Crippen LogP contribution >= 0.6 is 0 Å². The molecule has 1 aromatic rings. The molecule has 0 saturated heterocycles. The van der Waals surface area contributed by atoms with Gasteiger partial charge in [-0.3, -0.25) is 0 Å². The lowest BCUT2D eigenvalue weighted by atomic mass is 10.1. The number of hydrogen-bond acceptors (Lipinski definition) is 4. The van der Waals surface area contributed by atoms with Gasteiger partial charge in [-0.25, -0.2) is 0 Å². The van der Waals surface area contributed by atoms with Crippen molar-refractivity contribution >= 4 is 0 Å². The molecule has 0 radical (unpaired) electrons. The summed E-state index contributed by atoms with van der Waals surface area (Å²) < 4.78 is 10.3. The van der Waals surface area contributed by atoms with E-state index in [1.807, 2.05) is 25.1 Å². The summed E-state index contributed by atoms with van der Waals surface area (Å²) in [6.45, 7) is 2.81. The predicted octanol–water partition coefficient (Wildman–Crippen LogP) is 1.05. The zero-order valence-electron chi connectivity index (χ0n) is 9.77. The minimum atomic E-state index is -0.789. The Labute approximate surface area is 96.0 Å². The average molecular weight is 225 g/mol. The number of benzene rings is 1. The summed E-state index contributed by atoms with van der Waals surface area (Å²) >= 11 is 0. The summed E-state index contributed by atoms with van der Waals surface area (Å²) in [6.07, 6.45) is -0.371. The van der Waals surface area contributed by atoms with E-state index < -0.39 is 6.29 Å². The highest BCUT2D eigenvalue weighted by molar-refractivity contribution is 5.37. The Hall–Kier alpha value is -1.10. The van der Waals surface area contributed by atoms with Crippen molar-refractivity contribution in [2.75, 3.05) is 13.7 Å². The minimum absolute atomic E-state index is 0.419. The van der Waals surface area contributed by atoms with E-state index in [0.717, 1.165) is 16.9 Å². The molecule has 0 amide bonds. The van der Waals surface area contributed by atoms with Crippen molar-refractivity contribution in [3.8, 4) is 5.75 Å². The Morgan fingerprint density at radius 2 is 2.19 bits per heavy atom. The molecule has 1 atom stereocenters. The van der Waals surface area contributed by atoms with E-state index in [-0.39, 0.29) is 0 Å². The van der Waals surface area contributed by atoms with Gasteiger partial charge in [-0.05, 0) is 24.1 Å². The molecule has 0 saturated carbocycles. The van der Waals surface area contributed by atoms with Crippen molar-refractivity contribution in [1.29, 1.82) is 0 Å². The van der Waals surface area contributed by atoms with Crippen LogP contribution in [0.5, 0.6) is 5.75 Å². The Kier molecular flexibility index (Phi) is 5.25. The molecule has 1 aromatic carbocycles. The standard InChI is InChI=1S/C12H19NO3/c1-3-16-12(14)7-10-5-4-9(8-13)6-11(10)15-2/h4-6,12,14H,3,7-8,13H2,1-2H3. The molecule has 1 unspecified atom stereocenters. The van der Waals surface area contributed by atoms with Gasteiger partial charge in [0.25, 0.3) is 0 Å². The summed E-state index contributed by atoms with van der Waals surface area (Å²) in [5.41, 5.74) is 7.47. The maximum Gasteiger partial charge on any atom is 0.158 e. The lowest BCUT2D eigenvalue weighted by Crippen LogP contribution is -2.15. The van der Waals surface area contributed by atoms with Crippen LogP contribution in [0, 0.1) is 0 Å². The highest BCUT2D eigenvalue weighted by Gasteiger charge is 2.10. The predicted molar refractivity (Wildman–Crippen MR) is 62.2 cm³/mol. The molecule has 4 heteroatoms. The molecule has 0 aliphatic heterocycles. The smallest absolute Gasteiger partial charge is 0.158 e. The zero-order valence-corrected chi connectivity index (χ0v) is 9.77. The van der Waals surface area contributed by atoms with Crippen LogP contribution in [0.4, 0.5) is 0 Å². The van der Waals surface area contributed by atoms with Gasteiger partial charge in [0, 0.05) is 19.6 Å². The molecule has 0 aliphatic carbocycles. The molecule has 90 valence electrons. The molecule has 0 aromatic heterocycles. The molecule has 0 fully saturated rings. The second-order valence-electron chi connectivity index (χ2n) is 3.46. The maximum absolute atomic E-state index is 9.55. The molecular weight excluding hydrogens is 206 g/mol. The normalized spacial score (nSPS) is 12.5. The van der Waals surface area contributed by atoms with E-state index >= 15 is 0 Å². The lowest BCUT2D eigenvalue weighted by Gasteiger charge is -2.14. The summed E-state index contributed by atoms with van der Waals surface area (Å²) in [5, 5.41) is 9.55. The van der Waals surface area contributed by atoms with Crippen molar-refractivity contribution in [2.45, 2.75) is 26.2 Å². The van der Waals surface area contributed by atoms with Gasteiger partial charge in [0.15, 0.2) is 6.29 Å². The fourth-order valence-corrected chi connectivity index (χ4v) is 1.52. The van der Waals surface area contributed by atoms with E-state index in [1.54, 1.807) is 7.11 Å². The molecule has 4 nitrogen and oxygen atoms in total. The van der Waals surface area contributed by atoms with Gasteiger partial charge in [0.05, 0.1) is 7.11 Å². The van der Waals surface area contributed by atoms with Crippen molar-refractivity contribution in [2.24, 2.45) is 5.73 Å². The van der Waals surface area contributed by atoms with Crippen molar-refractivity contribution < 1.29 is 14.6 Å². The second kappa shape index (κ2) is 6.48. The first-order valence-corrected chi connectivity index (χ1v) is 5.36. The fraction of sp³-hybridized carbons (Fsp3) is 0.500. The van der Waals surface area contributed by atoms with E-state index in [0.29, 0.717) is 19.6 Å². The van der Waals surface area contributed by atoms with Crippen LogP contribution in [0.3, 0.4) is 0 Å². The number of rotatable bonds is 6. The summed E-state index contributed by atoms with van der Waals surface area (Å²) in [7, 11) is 1.60. The number of methoxy groups -OCH3 is 1. The quantitative estimate of drug-likeness (QED) is 0.710. The van der Waals surface area contributed by atoms with Crippen molar-refractivity contribution in [3.05, 3.63) is 29.3 Å². The summed E-state index contributed by atoms with van der Waals surface area (Å²) in [5.74, 6) is 0.738. The van der Waals surface area contributed by atoms with Gasteiger partial charge >= 0.3 is 0 Å². The molecule has 1 rings (SSSR count). The molecular formula is C12H19NO3. The van der Waals surface area contributed by atoms with Gasteiger partial charge in [0.2, 0.25) is 0 Å². The zero-order chi connectivity index (χ0) is 12.0. The first-order valence-electron chi connectivity index (χ1n) is 5.36. The van der Waals surface area contributed by atoms with Crippen molar-refractivity contribution in [1.82, 2.24) is 0 Å². The number of aliphatic hydroxyl groups excluding tert-OH is 1. The molecule has 0 bridgehead atoms. The third kappa shape index (κ3) is 3.48. The highest BCUT2D eigenvalue weighted by atomic mass is 16.6. The van der Waals surface area contributed by atoms with Gasteiger partial charge in [-0.1, -0.05) is 12.1 Å². The van der Waals surface area contributed by atoms with E-state index in [1.165, 1.54) is 0 Å². The van der Waals surface area contributed by atoms with Crippen LogP contribution < -0.4 is 10.5 Å². The Morgan fingerprint density at radius 1 is 1.44 bits per heavy atom. The number of nitrogens with two attached hydrogens (primary N) is 1. The van der Waals surface area contributed by atoms with Gasteiger partial charge in [-0.15, -0.1) is 0 Å². The Balaban J connectivity index is 2.78. The molecule has 16 heavy (non-hydrogen) atoms. The van der Waals surface area contributed by atoms with Crippen LogP contribution in [0.25, 0.3) is 0 Å². The van der Waals surface area contributed by atoms with Crippen LogP contribution in [0.1, 0.15) is 18.1 Å². The first-order chi connectivity index (χ1) is 7.71. The van der Waals surface area contributed by atoms with Crippen LogP contribution in [-0.2, 0) is 17.7 Å². The van der Waals surface area contributed by atoms with E-state index in [9.17, 15) is 5.11 Å². The SMILES string of the molecule is CCOC(O)Cc1ccc(CN)cc1OC. The fourth-order valence-electron chi connectivity index (χ4n) is 1.52. The first kappa shape index (κ1) is 13.0. The van der Waals surface area contributed by atoms with Gasteiger partial charge in [0.1, 0.15) is 5.75 Å². The van der Waals surface area contributed by atoms with Crippen LogP contribution in [-0.4, -0.2) is 25.1 Å². The van der Waals surface area contributed by atoms with Crippen molar-refractivity contribution in [3.63, 3.8) is 0 Å². The number of hydrogen-bond donors (Lipinski definition) is 2. The second-order valence-corrected chi connectivity index (χ2v) is 3.46.